The maximum Gasteiger partial charge on any atom is 0.241 e. The average Bonchev–Trinajstić information content (AvgIpc) is 3.36. The molecule has 2 aliphatic heterocycles. The van der Waals surface area contributed by atoms with Crippen LogP contribution in [0.25, 0.3) is 0 Å². The zero-order chi connectivity index (χ0) is 17.3. The lowest BCUT2D eigenvalue weighted by molar-refractivity contribution is -0.133. The van der Waals surface area contributed by atoms with Crippen molar-refractivity contribution in [2.24, 2.45) is 5.92 Å². The van der Waals surface area contributed by atoms with Gasteiger partial charge in [-0.2, -0.15) is 0 Å². The van der Waals surface area contributed by atoms with E-state index in [9.17, 15) is 4.79 Å². The largest absolute Gasteiger partial charge is 0.360 e. The Kier molecular flexibility index (Phi) is 5.16. The molecule has 5 nitrogen and oxygen atoms in total. The van der Waals surface area contributed by atoms with Crippen LogP contribution < -0.4 is 10.6 Å². The summed E-state index contributed by atoms with van der Waals surface area (Å²) in [5.74, 6) is 0.580. The SMILES string of the molecule is C=CCN1C(=O)C(C(C)CC)NC12CCN(C(=S)NC1CC1)CC2. The molecule has 0 aromatic heterocycles. The minimum absolute atomic E-state index is 0.0713. The van der Waals surface area contributed by atoms with Crippen molar-refractivity contribution in [3.8, 4) is 0 Å². The first kappa shape index (κ1) is 17.7. The Balaban J connectivity index is 1.68. The Morgan fingerprint density at radius 3 is 2.71 bits per heavy atom. The number of likely N-dealkylation sites (tertiary alicyclic amines) is 1. The van der Waals surface area contributed by atoms with Gasteiger partial charge >= 0.3 is 0 Å². The molecular weight excluding hydrogens is 320 g/mol. The van der Waals surface area contributed by atoms with E-state index < -0.39 is 0 Å². The minimum atomic E-state index is -0.231. The zero-order valence-electron chi connectivity index (χ0n) is 14.9. The molecule has 3 rings (SSSR count). The van der Waals surface area contributed by atoms with Crippen molar-refractivity contribution in [1.82, 2.24) is 20.4 Å². The maximum absolute atomic E-state index is 12.9. The second-order valence-corrected chi connectivity index (χ2v) is 7.87. The number of hydrogen-bond donors (Lipinski definition) is 2. The standard InChI is InChI=1S/C18H30N4OS/c1-4-10-22-16(23)15(13(3)5-2)20-18(22)8-11-21(12-9-18)17(24)19-14-6-7-14/h4,13-15,20H,1,5-12H2,2-3H3,(H,19,24). The zero-order valence-corrected chi connectivity index (χ0v) is 15.7. The van der Waals surface area contributed by atoms with Gasteiger partial charge in [0.05, 0.1) is 11.7 Å². The first-order valence-electron chi connectivity index (χ1n) is 9.26. The van der Waals surface area contributed by atoms with Crippen LogP contribution in [0.2, 0.25) is 0 Å². The third-order valence-corrected chi connectivity index (χ3v) is 6.16. The molecule has 2 atom stereocenters. The monoisotopic (exact) mass is 350 g/mol. The van der Waals surface area contributed by atoms with E-state index in [0.29, 0.717) is 18.5 Å². The lowest BCUT2D eigenvalue weighted by Crippen LogP contribution is -2.60. The molecule has 0 bridgehead atoms. The average molecular weight is 351 g/mol. The number of piperidine rings is 1. The van der Waals surface area contributed by atoms with Crippen molar-refractivity contribution in [2.45, 2.75) is 63.7 Å². The number of amides is 1. The van der Waals surface area contributed by atoms with Crippen LogP contribution in [-0.4, -0.2) is 58.2 Å². The first-order valence-corrected chi connectivity index (χ1v) is 9.67. The Bertz CT molecular complexity index is 511. The molecule has 134 valence electrons. The van der Waals surface area contributed by atoms with Gasteiger partial charge in [0.25, 0.3) is 0 Å². The predicted octanol–water partition coefficient (Wildman–Crippen LogP) is 1.85. The second-order valence-electron chi connectivity index (χ2n) is 7.49. The number of hydrogen-bond acceptors (Lipinski definition) is 3. The highest BCUT2D eigenvalue weighted by Gasteiger charge is 2.52. The summed E-state index contributed by atoms with van der Waals surface area (Å²) in [4.78, 5) is 17.2. The predicted molar refractivity (Wildman–Crippen MR) is 101 cm³/mol. The number of nitrogens with zero attached hydrogens (tertiary/aromatic N) is 2. The van der Waals surface area contributed by atoms with Crippen LogP contribution in [0.5, 0.6) is 0 Å². The van der Waals surface area contributed by atoms with Crippen molar-refractivity contribution >= 4 is 23.2 Å². The van der Waals surface area contributed by atoms with Gasteiger partial charge in [0.15, 0.2) is 5.11 Å². The van der Waals surface area contributed by atoms with E-state index in [1.54, 1.807) is 0 Å². The number of carbonyl (C=O) groups excluding carboxylic acids is 1. The van der Waals surface area contributed by atoms with Crippen molar-refractivity contribution in [3.05, 3.63) is 12.7 Å². The highest BCUT2D eigenvalue weighted by Crippen LogP contribution is 2.35. The molecule has 0 aromatic rings. The molecule has 3 aliphatic rings. The highest BCUT2D eigenvalue weighted by atomic mass is 32.1. The van der Waals surface area contributed by atoms with Crippen LogP contribution in [0, 0.1) is 5.92 Å². The summed E-state index contributed by atoms with van der Waals surface area (Å²) in [6.45, 7) is 10.5. The molecule has 3 fully saturated rings. The number of carbonyl (C=O) groups is 1. The van der Waals surface area contributed by atoms with Crippen LogP contribution in [0.4, 0.5) is 0 Å². The van der Waals surface area contributed by atoms with Crippen LogP contribution in [0.1, 0.15) is 46.0 Å². The summed E-state index contributed by atoms with van der Waals surface area (Å²) in [6.07, 6.45) is 7.13. The van der Waals surface area contributed by atoms with Gasteiger partial charge < -0.3 is 15.1 Å². The Morgan fingerprint density at radius 2 is 2.17 bits per heavy atom. The quantitative estimate of drug-likeness (QED) is 0.585. The van der Waals surface area contributed by atoms with Crippen molar-refractivity contribution in [2.75, 3.05) is 19.6 Å². The van der Waals surface area contributed by atoms with Gasteiger partial charge in [0.2, 0.25) is 5.91 Å². The van der Waals surface area contributed by atoms with Crippen LogP contribution in [-0.2, 0) is 4.79 Å². The number of rotatable bonds is 5. The molecule has 1 saturated carbocycles. The summed E-state index contributed by atoms with van der Waals surface area (Å²) >= 11 is 5.54. The fraction of sp³-hybridized carbons (Fsp3) is 0.778. The van der Waals surface area contributed by atoms with Crippen molar-refractivity contribution < 1.29 is 4.79 Å². The van der Waals surface area contributed by atoms with Gasteiger partial charge in [-0.1, -0.05) is 26.3 Å². The number of thiocarbonyl (C=S) groups is 1. The molecule has 1 aliphatic carbocycles. The fourth-order valence-corrected chi connectivity index (χ4v) is 4.16. The van der Waals surface area contributed by atoms with E-state index in [4.69, 9.17) is 12.2 Å². The van der Waals surface area contributed by atoms with Crippen LogP contribution in [0.15, 0.2) is 12.7 Å². The van der Waals surface area contributed by atoms with E-state index in [2.05, 4.69) is 36.0 Å². The third kappa shape index (κ3) is 3.31. The Labute approximate surface area is 150 Å². The summed E-state index contributed by atoms with van der Waals surface area (Å²) < 4.78 is 0. The normalized spacial score (nSPS) is 27.4. The topological polar surface area (TPSA) is 47.6 Å². The molecule has 0 aromatic carbocycles. The van der Waals surface area contributed by atoms with E-state index in [1.165, 1.54) is 12.8 Å². The van der Waals surface area contributed by atoms with Crippen LogP contribution >= 0.6 is 12.2 Å². The van der Waals surface area contributed by atoms with Crippen molar-refractivity contribution in [1.29, 1.82) is 0 Å². The number of nitrogens with one attached hydrogen (secondary N) is 2. The van der Waals surface area contributed by atoms with Gasteiger partial charge in [-0.05, 0) is 31.0 Å². The molecular formula is C18H30N4OS. The molecule has 1 amide bonds. The van der Waals surface area contributed by atoms with Gasteiger partial charge in [-0.3, -0.25) is 10.1 Å². The highest BCUT2D eigenvalue weighted by molar-refractivity contribution is 7.80. The third-order valence-electron chi connectivity index (χ3n) is 5.78. The lowest BCUT2D eigenvalue weighted by Gasteiger charge is -2.45. The van der Waals surface area contributed by atoms with Gasteiger partial charge in [-0.15, -0.1) is 6.58 Å². The molecule has 0 radical (unpaired) electrons. The van der Waals surface area contributed by atoms with E-state index in [0.717, 1.165) is 37.5 Å². The van der Waals surface area contributed by atoms with Crippen LogP contribution in [0.3, 0.4) is 0 Å². The van der Waals surface area contributed by atoms with Gasteiger partial charge in [0.1, 0.15) is 0 Å². The molecule has 2 heterocycles. The molecule has 6 heteroatoms. The van der Waals surface area contributed by atoms with Gasteiger partial charge in [-0.25, -0.2) is 0 Å². The summed E-state index contributed by atoms with van der Waals surface area (Å²) in [7, 11) is 0. The van der Waals surface area contributed by atoms with Gasteiger partial charge in [0, 0.05) is 38.5 Å². The van der Waals surface area contributed by atoms with E-state index in [1.807, 2.05) is 11.0 Å². The second kappa shape index (κ2) is 7.00. The fourth-order valence-electron chi connectivity index (χ4n) is 3.81. The molecule has 2 unspecified atom stereocenters. The minimum Gasteiger partial charge on any atom is -0.360 e. The maximum atomic E-state index is 12.9. The van der Waals surface area contributed by atoms with Crippen molar-refractivity contribution in [3.63, 3.8) is 0 Å². The lowest BCUT2D eigenvalue weighted by atomic mass is 9.95. The summed E-state index contributed by atoms with van der Waals surface area (Å²) in [6, 6.07) is 0.518. The summed E-state index contributed by atoms with van der Waals surface area (Å²) in [5, 5.41) is 8.00. The molecule has 2 N–H and O–H groups in total. The van der Waals surface area contributed by atoms with E-state index >= 15 is 0 Å². The molecule has 1 spiro atoms. The first-order chi connectivity index (χ1) is 11.5. The molecule has 2 saturated heterocycles. The summed E-state index contributed by atoms with van der Waals surface area (Å²) in [5.41, 5.74) is -0.231. The van der Waals surface area contributed by atoms with E-state index in [-0.39, 0.29) is 17.6 Å². The Morgan fingerprint density at radius 1 is 1.50 bits per heavy atom. The Hall–Kier alpha value is -1.14. The molecule has 24 heavy (non-hydrogen) atoms. The smallest absolute Gasteiger partial charge is 0.241 e.